The van der Waals surface area contributed by atoms with Crippen molar-refractivity contribution in [2.75, 3.05) is 0 Å². The molecule has 2 aromatic heterocycles. The third-order valence-electron chi connectivity index (χ3n) is 1.52. The van der Waals surface area contributed by atoms with Crippen LogP contribution in [0.15, 0.2) is 24.4 Å². The van der Waals surface area contributed by atoms with Crippen LogP contribution in [-0.4, -0.2) is 15.1 Å². The van der Waals surface area contributed by atoms with Crippen molar-refractivity contribution in [3.63, 3.8) is 0 Å². The fraction of sp³-hybridized carbons (Fsp3) is 0. The average Bonchev–Trinajstić information content (AvgIpc) is 2.07. The Morgan fingerprint density at radius 3 is 3.00 bits per heavy atom. The standard InChI is InChI=1S/C8H5ClN2O/c9-8-7(12)4-6-5(11-8)2-1-3-10-6/h1-4,12H. The van der Waals surface area contributed by atoms with Gasteiger partial charge in [-0.05, 0) is 12.1 Å². The molecule has 0 aliphatic heterocycles. The largest absolute Gasteiger partial charge is 0.505 e. The second kappa shape index (κ2) is 2.60. The number of nitrogens with zero attached hydrogens (tertiary/aromatic N) is 2. The van der Waals surface area contributed by atoms with Crippen LogP contribution >= 0.6 is 11.6 Å². The van der Waals surface area contributed by atoms with Crippen molar-refractivity contribution in [1.29, 1.82) is 0 Å². The summed E-state index contributed by atoms with van der Waals surface area (Å²) in [5, 5.41) is 9.29. The van der Waals surface area contributed by atoms with Gasteiger partial charge in [0.15, 0.2) is 10.9 Å². The minimum absolute atomic E-state index is 0.0390. The summed E-state index contributed by atoms with van der Waals surface area (Å²) in [6.45, 7) is 0. The van der Waals surface area contributed by atoms with Crippen LogP contribution in [0.1, 0.15) is 0 Å². The zero-order valence-corrected chi connectivity index (χ0v) is 6.78. The molecule has 0 saturated carbocycles. The van der Waals surface area contributed by atoms with E-state index in [1.165, 1.54) is 6.07 Å². The van der Waals surface area contributed by atoms with E-state index in [0.717, 1.165) is 0 Å². The van der Waals surface area contributed by atoms with Crippen molar-refractivity contribution in [3.05, 3.63) is 29.5 Å². The van der Waals surface area contributed by atoms with Crippen molar-refractivity contribution in [2.45, 2.75) is 0 Å². The van der Waals surface area contributed by atoms with E-state index in [2.05, 4.69) is 9.97 Å². The summed E-state index contributed by atoms with van der Waals surface area (Å²) < 4.78 is 0. The van der Waals surface area contributed by atoms with Crippen LogP contribution in [0, 0.1) is 0 Å². The van der Waals surface area contributed by atoms with Crippen LogP contribution in [0.2, 0.25) is 5.15 Å². The Hall–Kier alpha value is -1.35. The average molecular weight is 181 g/mol. The van der Waals surface area contributed by atoms with Gasteiger partial charge in [-0.1, -0.05) is 11.6 Å². The van der Waals surface area contributed by atoms with Crippen molar-refractivity contribution in [3.8, 4) is 5.75 Å². The monoisotopic (exact) mass is 180 g/mol. The van der Waals surface area contributed by atoms with E-state index in [1.54, 1.807) is 18.3 Å². The van der Waals surface area contributed by atoms with Crippen molar-refractivity contribution in [1.82, 2.24) is 9.97 Å². The van der Waals surface area contributed by atoms with Gasteiger partial charge >= 0.3 is 0 Å². The molecule has 3 nitrogen and oxygen atoms in total. The second-order valence-electron chi connectivity index (χ2n) is 2.34. The van der Waals surface area contributed by atoms with Gasteiger partial charge in [-0.3, -0.25) is 4.98 Å². The van der Waals surface area contributed by atoms with Crippen LogP contribution in [-0.2, 0) is 0 Å². The summed E-state index contributed by atoms with van der Waals surface area (Å²) in [6.07, 6.45) is 1.64. The van der Waals surface area contributed by atoms with Gasteiger partial charge in [-0.15, -0.1) is 0 Å². The van der Waals surface area contributed by atoms with Crippen molar-refractivity contribution >= 4 is 22.6 Å². The summed E-state index contributed by atoms with van der Waals surface area (Å²) in [5.74, 6) is -0.0390. The highest BCUT2D eigenvalue weighted by atomic mass is 35.5. The number of aromatic hydroxyl groups is 1. The Labute approximate surface area is 73.6 Å². The third-order valence-corrected chi connectivity index (χ3v) is 1.80. The molecule has 0 bridgehead atoms. The van der Waals surface area contributed by atoms with Crippen LogP contribution in [0.25, 0.3) is 11.0 Å². The summed E-state index contributed by atoms with van der Waals surface area (Å²) >= 11 is 5.60. The predicted octanol–water partition coefficient (Wildman–Crippen LogP) is 1.99. The molecule has 0 aromatic carbocycles. The smallest absolute Gasteiger partial charge is 0.171 e. The Balaban J connectivity index is 2.84. The molecule has 0 fully saturated rings. The van der Waals surface area contributed by atoms with Gasteiger partial charge in [0, 0.05) is 12.3 Å². The molecule has 12 heavy (non-hydrogen) atoms. The summed E-state index contributed by atoms with van der Waals surface area (Å²) in [7, 11) is 0. The Morgan fingerprint density at radius 2 is 2.17 bits per heavy atom. The number of fused-ring (bicyclic) bond motifs is 1. The minimum atomic E-state index is -0.0390. The third kappa shape index (κ3) is 1.08. The molecule has 2 rings (SSSR count). The van der Waals surface area contributed by atoms with Crippen LogP contribution in [0.4, 0.5) is 0 Å². The van der Waals surface area contributed by atoms with Gasteiger partial charge in [-0.2, -0.15) is 0 Å². The Bertz CT molecular complexity index is 390. The fourth-order valence-corrected chi connectivity index (χ4v) is 1.11. The van der Waals surface area contributed by atoms with Gasteiger partial charge in [0.2, 0.25) is 0 Å². The first kappa shape index (κ1) is 7.31. The highest BCUT2D eigenvalue weighted by Crippen LogP contribution is 2.23. The molecule has 0 aliphatic carbocycles. The predicted molar refractivity (Wildman–Crippen MR) is 46.2 cm³/mol. The van der Waals surface area contributed by atoms with Crippen LogP contribution < -0.4 is 0 Å². The maximum Gasteiger partial charge on any atom is 0.171 e. The van der Waals surface area contributed by atoms with Crippen LogP contribution in [0.3, 0.4) is 0 Å². The lowest BCUT2D eigenvalue weighted by Gasteiger charge is -1.97. The molecular weight excluding hydrogens is 176 g/mol. The molecule has 2 aromatic rings. The molecule has 0 amide bonds. The first-order chi connectivity index (χ1) is 5.77. The quantitative estimate of drug-likeness (QED) is 0.631. The van der Waals surface area contributed by atoms with E-state index >= 15 is 0 Å². The first-order valence-corrected chi connectivity index (χ1v) is 3.75. The number of hydrogen-bond acceptors (Lipinski definition) is 3. The minimum Gasteiger partial charge on any atom is -0.505 e. The topological polar surface area (TPSA) is 46.0 Å². The highest BCUT2D eigenvalue weighted by molar-refractivity contribution is 6.31. The SMILES string of the molecule is Oc1cc2ncccc2nc1Cl. The van der Waals surface area contributed by atoms with Crippen molar-refractivity contribution in [2.24, 2.45) is 0 Å². The maximum atomic E-state index is 9.18. The summed E-state index contributed by atoms with van der Waals surface area (Å²) in [4.78, 5) is 7.93. The maximum absolute atomic E-state index is 9.18. The lowest BCUT2D eigenvalue weighted by Crippen LogP contribution is -1.82. The number of pyridine rings is 2. The van der Waals surface area contributed by atoms with E-state index in [4.69, 9.17) is 11.6 Å². The molecular formula is C8H5ClN2O. The summed E-state index contributed by atoms with van der Waals surface area (Å²) in [5.41, 5.74) is 1.32. The number of halogens is 1. The number of rotatable bonds is 0. The Morgan fingerprint density at radius 1 is 1.33 bits per heavy atom. The molecule has 1 N–H and O–H groups in total. The molecule has 2 heterocycles. The van der Waals surface area contributed by atoms with E-state index < -0.39 is 0 Å². The molecule has 0 radical (unpaired) electrons. The molecule has 0 spiro atoms. The van der Waals surface area contributed by atoms with E-state index in [1.807, 2.05) is 0 Å². The van der Waals surface area contributed by atoms with Gasteiger partial charge in [0.25, 0.3) is 0 Å². The Kier molecular flexibility index (Phi) is 1.59. The number of aromatic nitrogens is 2. The molecule has 0 aliphatic rings. The fourth-order valence-electron chi connectivity index (χ4n) is 0.967. The lowest BCUT2D eigenvalue weighted by molar-refractivity contribution is 0.474. The van der Waals surface area contributed by atoms with Crippen LogP contribution in [0.5, 0.6) is 5.75 Å². The molecule has 0 saturated heterocycles. The van der Waals surface area contributed by atoms with Crippen molar-refractivity contribution < 1.29 is 5.11 Å². The normalized spacial score (nSPS) is 10.4. The van der Waals surface area contributed by atoms with Gasteiger partial charge < -0.3 is 5.11 Å². The molecule has 0 atom stereocenters. The molecule has 60 valence electrons. The highest BCUT2D eigenvalue weighted by Gasteiger charge is 2.02. The zero-order chi connectivity index (χ0) is 8.55. The zero-order valence-electron chi connectivity index (χ0n) is 6.03. The lowest BCUT2D eigenvalue weighted by atomic mass is 10.3. The van der Waals surface area contributed by atoms with E-state index in [9.17, 15) is 5.11 Å². The molecule has 4 heteroatoms. The van der Waals surface area contributed by atoms with E-state index in [0.29, 0.717) is 11.0 Å². The van der Waals surface area contributed by atoms with Gasteiger partial charge in [-0.25, -0.2) is 4.98 Å². The second-order valence-corrected chi connectivity index (χ2v) is 2.70. The first-order valence-electron chi connectivity index (χ1n) is 3.37. The van der Waals surface area contributed by atoms with E-state index in [-0.39, 0.29) is 10.9 Å². The van der Waals surface area contributed by atoms with Gasteiger partial charge in [0.05, 0.1) is 11.0 Å². The van der Waals surface area contributed by atoms with Gasteiger partial charge in [0.1, 0.15) is 0 Å². The number of hydrogen-bond donors (Lipinski definition) is 1. The summed E-state index contributed by atoms with van der Waals surface area (Å²) in [6, 6.07) is 5.04. The molecule has 0 unspecified atom stereocenters.